The average Bonchev–Trinajstić information content (AvgIpc) is 2.76. The predicted octanol–water partition coefficient (Wildman–Crippen LogP) is 8.74. The largest absolute Gasteiger partial charge is 0.573 e. The molecule has 3 rings (SSSR count). The first kappa shape index (κ1) is 25.5. The number of hydrogen-bond acceptors (Lipinski definition) is 1. The molecule has 0 aromatic heterocycles. The molecule has 0 spiro atoms. The quantitative estimate of drug-likeness (QED) is 0.302. The van der Waals surface area contributed by atoms with Crippen LogP contribution in [0.3, 0.4) is 0 Å². The van der Waals surface area contributed by atoms with Gasteiger partial charge in [0.1, 0.15) is 5.75 Å². The maximum absolute atomic E-state index is 12.3. The number of ether oxygens (including phenoxy) is 1. The van der Waals surface area contributed by atoms with Gasteiger partial charge in [0.15, 0.2) is 0 Å². The van der Waals surface area contributed by atoms with Gasteiger partial charge >= 0.3 is 6.36 Å². The van der Waals surface area contributed by atoms with Crippen LogP contribution in [-0.2, 0) is 0 Å². The van der Waals surface area contributed by atoms with Crippen LogP contribution in [0, 0.1) is 17.8 Å². The average molecular weight is 445 g/mol. The molecular weight excluding hydrogens is 404 g/mol. The topological polar surface area (TPSA) is 9.23 Å². The van der Waals surface area contributed by atoms with Crippen LogP contribution in [0.15, 0.2) is 24.3 Å². The highest BCUT2D eigenvalue weighted by Crippen LogP contribution is 2.44. The zero-order valence-electron chi connectivity index (χ0n) is 18.7. The Morgan fingerprint density at radius 2 is 1.37 bits per heavy atom. The first-order valence-corrected chi connectivity index (χ1v) is 13.0. The Morgan fingerprint density at radius 1 is 0.833 bits per heavy atom. The van der Waals surface area contributed by atoms with Crippen LogP contribution in [0.5, 0.6) is 5.75 Å². The molecule has 172 valence electrons. The fourth-order valence-electron chi connectivity index (χ4n) is 5.50. The molecule has 5 heteroatoms. The minimum atomic E-state index is -4.62. The van der Waals surface area contributed by atoms with E-state index in [-0.39, 0.29) is 5.75 Å². The summed E-state index contributed by atoms with van der Waals surface area (Å²) in [6.07, 6.45) is 11.5. The molecule has 1 aromatic rings. The third-order valence-corrected chi connectivity index (χ3v) is 7.13. The Morgan fingerprint density at radius 3 is 1.87 bits per heavy atom. The van der Waals surface area contributed by atoms with Gasteiger partial charge in [-0.2, -0.15) is 0 Å². The number of benzene rings is 1. The van der Waals surface area contributed by atoms with Gasteiger partial charge in [-0.15, -0.1) is 22.4 Å². The number of alkyl halides is 3. The van der Waals surface area contributed by atoms with E-state index in [1.807, 2.05) is 18.8 Å². The smallest absolute Gasteiger partial charge is 0.406 e. The van der Waals surface area contributed by atoms with Crippen LogP contribution >= 0.6 is 9.24 Å². The third-order valence-electron chi connectivity index (χ3n) is 7.13. The summed E-state index contributed by atoms with van der Waals surface area (Å²) < 4.78 is 40.9. The number of halogens is 3. The van der Waals surface area contributed by atoms with Crippen molar-refractivity contribution in [2.75, 3.05) is 6.66 Å². The van der Waals surface area contributed by atoms with Gasteiger partial charge in [-0.05, 0) is 79.9 Å². The standard InChI is InChI=1S/C24H35F3O.CH5P/c1-2-3-4-5-18-6-8-19(9-7-18)20-10-12-21(13-11-20)22-14-16-23(17-15-22)28-24(25,26)27;1-2/h14-21H,2-13H2,1H3;2H2,1H3. The molecule has 0 bridgehead atoms. The van der Waals surface area contributed by atoms with Crippen molar-refractivity contribution in [1.29, 1.82) is 0 Å². The van der Waals surface area contributed by atoms with E-state index in [0.29, 0.717) is 5.92 Å². The van der Waals surface area contributed by atoms with Gasteiger partial charge in [-0.3, -0.25) is 0 Å². The fourth-order valence-corrected chi connectivity index (χ4v) is 5.50. The lowest BCUT2D eigenvalue weighted by molar-refractivity contribution is -0.274. The summed E-state index contributed by atoms with van der Waals surface area (Å²) in [5.74, 6) is 3.10. The summed E-state index contributed by atoms with van der Waals surface area (Å²) in [4.78, 5) is 0. The Hall–Kier alpha value is -0.760. The van der Waals surface area contributed by atoms with Gasteiger partial charge in [-0.25, -0.2) is 0 Å². The van der Waals surface area contributed by atoms with E-state index in [2.05, 4.69) is 20.9 Å². The Balaban J connectivity index is 0.00000155. The predicted molar refractivity (Wildman–Crippen MR) is 123 cm³/mol. The summed E-state index contributed by atoms with van der Waals surface area (Å²) in [6, 6.07) is 6.53. The van der Waals surface area contributed by atoms with E-state index in [9.17, 15) is 13.2 Å². The van der Waals surface area contributed by atoms with Gasteiger partial charge in [0.05, 0.1) is 0 Å². The molecule has 30 heavy (non-hydrogen) atoms. The lowest BCUT2D eigenvalue weighted by atomic mass is 9.68. The fraction of sp³-hybridized carbons (Fsp3) is 0.760. The van der Waals surface area contributed by atoms with E-state index >= 15 is 0 Å². The second-order valence-corrected chi connectivity index (χ2v) is 9.01. The number of hydrogen-bond donors (Lipinski definition) is 0. The normalized spacial score (nSPS) is 27.1. The molecule has 2 saturated carbocycles. The molecule has 1 nitrogen and oxygen atoms in total. The second-order valence-electron chi connectivity index (χ2n) is 9.01. The molecule has 0 radical (unpaired) electrons. The van der Waals surface area contributed by atoms with Gasteiger partial charge in [-0.1, -0.05) is 64.2 Å². The molecule has 0 N–H and O–H groups in total. The van der Waals surface area contributed by atoms with Crippen LogP contribution in [0.4, 0.5) is 13.2 Å². The minimum absolute atomic E-state index is 0.124. The third kappa shape index (κ3) is 8.40. The lowest BCUT2D eigenvalue weighted by Gasteiger charge is -2.38. The van der Waals surface area contributed by atoms with Crippen LogP contribution in [0.1, 0.15) is 95.5 Å². The van der Waals surface area contributed by atoms with Crippen molar-refractivity contribution in [3.05, 3.63) is 29.8 Å². The molecule has 0 aliphatic heterocycles. The van der Waals surface area contributed by atoms with Crippen LogP contribution in [-0.4, -0.2) is 13.0 Å². The summed E-state index contributed by atoms with van der Waals surface area (Å²) >= 11 is 0. The first-order chi connectivity index (χ1) is 14.4. The highest BCUT2D eigenvalue weighted by molar-refractivity contribution is 7.15. The van der Waals surface area contributed by atoms with Gasteiger partial charge in [0, 0.05) is 0 Å². The van der Waals surface area contributed by atoms with Crippen molar-refractivity contribution in [1.82, 2.24) is 0 Å². The summed E-state index contributed by atoms with van der Waals surface area (Å²) in [5, 5.41) is 0. The first-order valence-electron chi connectivity index (χ1n) is 11.9. The van der Waals surface area contributed by atoms with Crippen molar-refractivity contribution >= 4 is 9.24 Å². The van der Waals surface area contributed by atoms with Crippen LogP contribution in [0.25, 0.3) is 0 Å². The second kappa shape index (κ2) is 12.9. The lowest BCUT2D eigenvalue weighted by Crippen LogP contribution is -2.25. The van der Waals surface area contributed by atoms with Crippen LogP contribution < -0.4 is 4.74 Å². The summed E-state index contributed by atoms with van der Waals surface area (Å²) in [6.45, 7) is 4.19. The molecule has 0 heterocycles. The Bertz CT molecular complexity index is 571. The highest BCUT2D eigenvalue weighted by atomic mass is 31.0. The molecule has 1 unspecified atom stereocenters. The number of unbranched alkanes of at least 4 members (excludes halogenated alkanes) is 2. The van der Waals surface area contributed by atoms with Crippen LogP contribution in [0.2, 0.25) is 0 Å². The molecule has 2 aliphatic carbocycles. The molecule has 0 saturated heterocycles. The zero-order valence-corrected chi connectivity index (χ0v) is 19.9. The summed E-state index contributed by atoms with van der Waals surface area (Å²) in [5.41, 5.74) is 1.16. The number of rotatable bonds is 7. The Labute approximate surface area is 183 Å². The van der Waals surface area contributed by atoms with E-state index in [4.69, 9.17) is 0 Å². The molecule has 1 atom stereocenters. The van der Waals surface area contributed by atoms with E-state index in [0.717, 1.165) is 23.3 Å². The van der Waals surface area contributed by atoms with Crippen molar-refractivity contribution < 1.29 is 17.9 Å². The highest BCUT2D eigenvalue weighted by Gasteiger charge is 2.32. The Kier molecular flexibility index (Phi) is 11.0. The van der Waals surface area contributed by atoms with E-state index in [1.54, 1.807) is 0 Å². The van der Waals surface area contributed by atoms with Crippen molar-refractivity contribution in [2.45, 2.75) is 96.3 Å². The maximum atomic E-state index is 12.3. The van der Waals surface area contributed by atoms with Gasteiger partial charge in [0.2, 0.25) is 0 Å². The van der Waals surface area contributed by atoms with Crippen molar-refractivity contribution in [2.24, 2.45) is 17.8 Å². The molecular formula is C25H40F3OP. The SMILES string of the molecule is CCCCCC1CCC(C2CCC(c3ccc(OC(F)(F)F)cc3)CC2)CC1.CP. The molecule has 2 aliphatic rings. The van der Waals surface area contributed by atoms with Crippen molar-refractivity contribution in [3.63, 3.8) is 0 Å². The van der Waals surface area contributed by atoms with E-state index < -0.39 is 6.36 Å². The molecule has 1 aromatic carbocycles. The minimum Gasteiger partial charge on any atom is -0.406 e. The zero-order chi connectivity index (χ0) is 22.0. The van der Waals surface area contributed by atoms with Gasteiger partial charge < -0.3 is 4.74 Å². The molecule has 0 amide bonds. The maximum Gasteiger partial charge on any atom is 0.573 e. The summed E-state index contributed by atoms with van der Waals surface area (Å²) in [7, 11) is 2.42. The van der Waals surface area contributed by atoms with Crippen molar-refractivity contribution in [3.8, 4) is 5.75 Å². The van der Waals surface area contributed by atoms with Gasteiger partial charge in [0.25, 0.3) is 0 Å². The molecule has 2 fully saturated rings. The van der Waals surface area contributed by atoms with E-state index in [1.165, 1.54) is 89.2 Å². The monoisotopic (exact) mass is 444 g/mol.